The van der Waals surface area contributed by atoms with Gasteiger partial charge in [-0.25, -0.2) is 0 Å². The number of rotatable bonds is 7. The van der Waals surface area contributed by atoms with Crippen LogP contribution >= 0.6 is 22.9 Å². The number of thiophene rings is 1. The van der Waals surface area contributed by atoms with Crippen LogP contribution in [0.4, 0.5) is 0 Å². The fraction of sp³-hybridized carbons (Fsp3) is 0.267. The van der Waals surface area contributed by atoms with Crippen LogP contribution in [0.3, 0.4) is 0 Å². The molecule has 2 aromatic rings. The largest absolute Gasteiger partial charge is 0.492 e. The number of aryl methyl sites for hydroxylation is 1. The Morgan fingerprint density at radius 2 is 2.05 bits per heavy atom. The molecule has 0 saturated carbocycles. The molecule has 2 rings (SSSR count). The van der Waals surface area contributed by atoms with Crippen LogP contribution in [0, 0.1) is 0 Å². The molecule has 0 unspecified atom stereocenters. The standard InChI is InChI=1S/C15H16ClNO2S/c16-13-2-4-14(5-3-13)19-9-8-17-15(18)6-1-12-7-10-20-11-12/h2-5,7,10-11H,1,6,8-9H2,(H,17,18). The van der Waals surface area contributed by atoms with E-state index in [1.54, 1.807) is 35.6 Å². The Balaban J connectivity index is 1.58. The Bertz CT molecular complexity index is 525. The van der Waals surface area contributed by atoms with Crippen molar-refractivity contribution in [2.24, 2.45) is 0 Å². The highest BCUT2D eigenvalue weighted by molar-refractivity contribution is 7.07. The summed E-state index contributed by atoms with van der Waals surface area (Å²) in [4.78, 5) is 11.6. The molecule has 0 bridgehead atoms. The molecule has 5 heteroatoms. The molecule has 0 saturated heterocycles. The van der Waals surface area contributed by atoms with Gasteiger partial charge in [-0.2, -0.15) is 11.3 Å². The van der Waals surface area contributed by atoms with E-state index in [4.69, 9.17) is 16.3 Å². The molecule has 106 valence electrons. The van der Waals surface area contributed by atoms with E-state index in [0.29, 0.717) is 24.6 Å². The number of carbonyl (C=O) groups excluding carboxylic acids is 1. The van der Waals surface area contributed by atoms with Crippen LogP contribution in [-0.2, 0) is 11.2 Å². The summed E-state index contributed by atoms with van der Waals surface area (Å²) in [6, 6.07) is 9.20. The smallest absolute Gasteiger partial charge is 0.220 e. The average molecular weight is 310 g/mol. The molecule has 1 N–H and O–H groups in total. The van der Waals surface area contributed by atoms with Crippen molar-refractivity contribution in [2.45, 2.75) is 12.8 Å². The van der Waals surface area contributed by atoms with Crippen LogP contribution in [0.5, 0.6) is 5.75 Å². The van der Waals surface area contributed by atoms with Crippen molar-refractivity contribution in [3.63, 3.8) is 0 Å². The normalized spacial score (nSPS) is 10.2. The van der Waals surface area contributed by atoms with Gasteiger partial charge in [0.2, 0.25) is 5.91 Å². The van der Waals surface area contributed by atoms with Crippen LogP contribution < -0.4 is 10.1 Å². The SMILES string of the molecule is O=C(CCc1ccsc1)NCCOc1ccc(Cl)cc1. The van der Waals surface area contributed by atoms with E-state index in [-0.39, 0.29) is 5.91 Å². The number of carbonyl (C=O) groups is 1. The lowest BCUT2D eigenvalue weighted by Gasteiger charge is -2.07. The highest BCUT2D eigenvalue weighted by Crippen LogP contribution is 2.15. The molecule has 1 heterocycles. The van der Waals surface area contributed by atoms with Gasteiger partial charge in [-0.15, -0.1) is 0 Å². The number of amides is 1. The average Bonchev–Trinajstić information content (AvgIpc) is 2.96. The van der Waals surface area contributed by atoms with Crippen molar-refractivity contribution in [1.82, 2.24) is 5.32 Å². The lowest BCUT2D eigenvalue weighted by Crippen LogP contribution is -2.28. The van der Waals surface area contributed by atoms with Crippen molar-refractivity contribution in [3.8, 4) is 5.75 Å². The molecular weight excluding hydrogens is 294 g/mol. The Morgan fingerprint density at radius 3 is 2.75 bits per heavy atom. The Labute approximate surface area is 127 Å². The van der Waals surface area contributed by atoms with Crippen molar-refractivity contribution in [3.05, 3.63) is 51.7 Å². The molecule has 1 aromatic heterocycles. The molecule has 1 amide bonds. The number of hydrogen-bond acceptors (Lipinski definition) is 3. The molecule has 0 aliphatic heterocycles. The second kappa shape index (κ2) is 7.92. The molecule has 0 spiro atoms. The van der Waals surface area contributed by atoms with Crippen LogP contribution in [-0.4, -0.2) is 19.1 Å². The zero-order chi connectivity index (χ0) is 14.2. The maximum Gasteiger partial charge on any atom is 0.220 e. The van der Waals surface area contributed by atoms with Gasteiger partial charge in [-0.3, -0.25) is 4.79 Å². The molecular formula is C15H16ClNO2S. The second-order valence-corrected chi connectivity index (χ2v) is 5.50. The zero-order valence-electron chi connectivity index (χ0n) is 11.0. The predicted octanol–water partition coefficient (Wildman–Crippen LogP) is 3.53. The van der Waals surface area contributed by atoms with E-state index in [0.717, 1.165) is 12.2 Å². The summed E-state index contributed by atoms with van der Waals surface area (Å²) in [5, 5.41) is 7.61. The van der Waals surface area contributed by atoms with Crippen molar-refractivity contribution < 1.29 is 9.53 Å². The maximum atomic E-state index is 11.6. The first-order chi connectivity index (χ1) is 9.74. The molecule has 20 heavy (non-hydrogen) atoms. The van der Waals surface area contributed by atoms with Gasteiger partial charge in [0.15, 0.2) is 0 Å². The summed E-state index contributed by atoms with van der Waals surface area (Å²) in [5.74, 6) is 0.804. The number of nitrogens with one attached hydrogen (secondary N) is 1. The summed E-state index contributed by atoms with van der Waals surface area (Å²) in [6.07, 6.45) is 1.30. The second-order valence-electron chi connectivity index (χ2n) is 4.28. The minimum atomic E-state index is 0.0518. The Morgan fingerprint density at radius 1 is 1.25 bits per heavy atom. The molecule has 1 aromatic carbocycles. The maximum absolute atomic E-state index is 11.6. The van der Waals surface area contributed by atoms with E-state index in [1.807, 2.05) is 11.4 Å². The summed E-state index contributed by atoms with van der Waals surface area (Å²) in [6.45, 7) is 0.955. The quantitative estimate of drug-likeness (QED) is 0.795. The summed E-state index contributed by atoms with van der Waals surface area (Å²) in [5.41, 5.74) is 1.21. The van der Waals surface area contributed by atoms with Crippen LogP contribution in [0.15, 0.2) is 41.1 Å². The zero-order valence-corrected chi connectivity index (χ0v) is 12.5. The predicted molar refractivity (Wildman–Crippen MR) is 82.6 cm³/mol. The highest BCUT2D eigenvalue weighted by Gasteiger charge is 2.02. The van der Waals surface area contributed by atoms with Crippen molar-refractivity contribution in [1.29, 1.82) is 0 Å². The topological polar surface area (TPSA) is 38.3 Å². The van der Waals surface area contributed by atoms with Gasteiger partial charge >= 0.3 is 0 Å². The molecule has 0 aliphatic carbocycles. The molecule has 0 radical (unpaired) electrons. The van der Waals surface area contributed by atoms with Gasteiger partial charge in [0.05, 0.1) is 6.54 Å². The minimum absolute atomic E-state index is 0.0518. The molecule has 3 nitrogen and oxygen atoms in total. The number of hydrogen-bond donors (Lipinski definition) is 1. The summed E-state index contributed by atoms with van der Waals surface area (Å²) < 4.78 is 5.49. The third kappa shape index (κ3) is 5.23. The number of benzene rings is 1. The fourth-order valence-corrected chi connectivity index (χ4v) is 2.50. The molecule has 0 fully saturated rings. The first-order valence-corrected chi connectivity index (χ1v) is 7.72. The Kier molecular flexibility index (Phi) is 5.89. The van der Waals surface area contributed by atoms with Gasteiger partial charge in [-0.05, 0) is 53.1 Å². The van der Waals surface area contributed by atoms with Crippen LogP contribution in [0.25, 0.3) is 0 Å². The lowest BCUT2D eigenvalue weighted by atomic mass is 10.2. The van der Waals surface area contributed by atoms with Crippen molar-refractivity contribution >= 4 is 28.8 Å². The lowest BCUT2D eigenvalue weighted by molar-refractivity contribution is -0.121. The first-order valence-electron chi connectivity index (χ1n) is 6.40. The molecule has 0 aliphatic rings. The van der Waals surface area contributed by atoms with Crippen LogP contribution in [0.2, 0.25) is 5.02 Å². The van der Waals surface area contributed by atoms with E-state index < -0.39 is 0 Å². The van der Waals surface area contributed by atoms with E-state index >= 15 is 0 Å². The number of halogens is 1. The van der Waals surface area contributed by atoms with Crippen molar-refractivity contribution in [2.75, 3.05) is 13.2 Å². The van der Waals surface area contributed by atoms with E-state index in [2.05, 4.69) is 10.7 Å². The molecule has 0 atom stereocenters. The summed E-state index contributed by atoms with van der Waals surface area (Å²) >= 11 is 7.43. The van der Waals surface area contributed by atoms with Gasteiger partial charge in [-0.1, -0.05) is 11.6 Å². The van der Waals surface area contributed by atoms with Gasteiger partial charge < -0.3 is 10.1 Å². The summed E-state index contributed by atoms with van der Waals surface area (Å²) in [7, 11) is 0. The van der Waals surface area contributed by atoms with Crippen LogP contribution in [0.1, 0.15) is 12.0 Å². The van der Waals surface area contributed by atoms with Gasteiger partial charge in [0.1, 0.15) is 12.4 Å². The van der Waals surface area contributed by atoms with Gasteiger partial charge in [0.25, 0.3) is 0 Å². The van der Waals surface area contributed by atoms with E-state index in [1.165, 1.54) is 5.56 Å². The van der Waals surface area contributed by atoms with Gasteiger partial charge in [0, 0.05) is 11.4 Å². The monoisotopic (exact) mass is 309 g/mol. The third-order valence-corrected chi connectivity index (χ3v) is 3.71. The third-order valence-electron chi connectivity index (χ3n) is 2.73. The minimum Gasteiger partial charge on any atom is -0.492 e. The number of ether oxygens (including phenoxy) is 1. The highest BCUT2D eigenvalue weighted by atomic mass is 35.5. The fourth-order valence-electron chi connectivity index (χ4n) is 1.67. The first kappa shape index (κ1) is 14.9. The Hall–Kier alpha value is -1.52. The van der Waals surface area contributed by atoms with E-state index in [9.17, 15) is 4.79 Å².